The topological polar surface area (TPSA) is 70.4 Å². The first kappa shape index (κ1) is 16.9. The lowest BCUT2D eigenvalue weighted by Gasteiger charge is -2.19. The van der Waals surface area contributed by atoms with Gasteiger partial charge in [-0.2, -0.15) is 9.57 Å². The summed E-state index contributed by atoms with van der Waals surface area (Å²) in [5.41, 5.74) is 0. The zero-order valence-corrected chi connectivity index (χ0v) is 14.1. The molecule has 0 aromatic carbocycles. The molecule has 1 aromatic rings. The minimum Gasteiger partial charge on any atom is -0.383 e. The third-order valence-corrected chi connectivity index (χ3v) is 7.06. The van der Waals surface area contributed by atoms with Crippen molar-refractivity contribution in [3.63, 3.8) is 0 Å². The molecule has 5 nitrogen and oxygen atoms in total. The van der Waals surface area contributed by atoms with Crippen LogP contribution in [-0.2, 0) is 14.8 Å². The molecule has 0 amide bonds. The average molecular weight is 388 g/mol. The summed E-state index contributed by atoms with van der Waals surface area (Å²) in [6, 6.07) is 3.34. The third-order valence-electron chi connectivity index (χ3n) is 2.23. The van der Waals surface area contributed by atoms with Gasteiger partial charge in [-0.15, -0.1) is 11.3 Å². The standard InChI is InChI=1S/C10H12BrClN2O3S2/c1-17-6-5-14(4-2-3-13)19(15,16)9-7-8(12)10(11)18-9/h7H,2,4-6H2,1H3. The van der Waals surface area contributed by atoms with Crippen molar-refractivity contribution in [2.75, 3.05) is 26.8 Å². The fourth-order valence-corrected chi connectivity index (χ4v) is 5.28. The lowest BCUT2D eigenvalue weighted by atomic mass is 10.4. The zero-order valence-electron chi connectivity index (χ0n) is 10.1. The minimum atomic E-state index is -3.64. The van der Waals surface area contributed by atoms with Crippen LogP contribution in [0.25, 0.3) is 0 Å². The predicted octanol–water partition coefficient (Wildman–Crippen LogP) is 2.71. The normalized spacial score (nSPS) is 11.7. The van der Waals surface area contributed by atoms with Crippen molar-refractivity contribution in [3.8, 4) is 6.07 Å². The fraction of sp³-hybridized carbons (Fsp3) is 0.500. The summed E-state index contributed by atoms with van der Waals surface area (Å²) >= 11 is 10.1. The number of methoxy groups -OCH3 is 1. The molecule has 0 atom stereocenters. The molecule has 1 heterocycles. The number of halogens is 2. The highest BCUT2D eigenvalue weighted by atomic mass is 79.9. The molecule has 0 saturated carbocycles. The molecule has 0 aliphatic rings. The van der Waals surface area contributed by atoms with Crippen molar-refractivity contribution in [3.05, 3.63) is 14.9 Å². The Morgan fingerprint density at radius 1 is 1.58 bits per heavy atom. The Balaban J connectivity index is 3.01. The van der Waals surface area contributed by atoms with Crippen LogP contribution in [0.2, 0.25) is 5.02 Å². The van der Waals surface area contributed by atoms with E-state index in [1.165, 1.54) is 17.5 Å². The number of thiophene rings is 1. The second-order valence-corrected chi connectivity index (χ2v) is 8.43. The van der Waals surface area contributed by atoms with Crippen molar-refractivity contribution in [2.24, 2.45) is 0 Å². The summed E-state index contributed by atoms with van der Waals surface area (Å²) in [5.74, 6) is 0. The number of nitrogens with zero attached hydrogens (tertiary/aromatic N) is 2. The number of sulfonamides is 1. The summed E-state index contributed by atoms with van der Waals surface area (Å²) in [5, 5.41) is 8.95. The van der Waals surface area contributed by atoms with Gasteiger partial charge < -0.3 is 4.74 Å². The molecule has 1 rings (SSSR count). The van der Waals surface area contributed by atoms with E-state index in [1.807, 2.05) is 6.07 Å². The molecule has 1 aromatic heterocycles. The van der Waals surface area contributed by atoms with Gasteiger partial charge in [-0.3, -0.25) is 0 Å². The van der Waals surface area contributed by atoms with E-state index < -0.39 is 10.0 Å². The Morgan fingerprint density at radius 2 is 2.26 bits per heavy atom. The molecule has 0 spiro atoms. The largest absolute Gasteiger partial charge is 0.383 e. The van der Waals surface area contributed by atoms with E-state index in [0.717, 1.165) is 11.3 Å². The molecule has 19 heavy (non-hydrogen) atoms. The summed E-state index contributed by atoms with van der Waals surface area (Å²) in [6.07, 6.45) is 0.128. The quantitative estimate of drug-likeness (QED) is 0.721. The van der Waals surface area contributed by atoms with E-state index in [0.29, 0.717) is 8.81 Å². The number of hydrogen-bond donors (Lipinski definition) is 0. The van der Waals surface area contributed by atoms with Gasteiger partial charge in [0.15, 0.2) is 0 Å². The van der Waals surface area contributed by atoms with Gasteiger partial charge >= 0.3 is 0 Å². The highest BCUT2D eigenvalue weighted by Crippen LogP contribution is 2.35. The van der Waals surface area contributed by atoms with Gasteiger partial charge in [0.1, 0.15) is 4.21 Å². The number of hydrogen-bond acceptors (Lipinski definition) is 5. The lowest BCUT2D eigenvalue weighted by Crippen LogP contribution is -2.34. The van der Waals surface area contributed by atoms with Crippen molar-refractivity contribution in [1.82, 2.24) is 4.31 Å². The van der Waals surface area contributed by atoms with E-state index in [-0.39, 0.29) is 30.3 Å². The van der Waals surface area contributed by atoms with Gasteiger partial charge in [-0.25, -0.2) is 8.42 Å². The Bertz CT molecular complexity index is 548. The van der Waals surface area contributed by atoms with Crippen LogP contribution >= 0.6 is 38.9 Å². The highest BCUT2D eigenvalue weighted by molar-refractivity contribution is 9.11. The van der Waals surface area contributed by atoms with Crippen LogP contribution in [0.4, 0.5) is 0 Å². The third kappa shape index (κ3) is 4.41. The SMILES string of the molecule is COCCN(CCC#N)S(=O)(=O)c1cc(Cl)c(Br)s1. The Kier molecular flexibility index (Phi) is 6.73. The fourth-order valence-electron chi connectivity index (χ4n) is 1.30. The van der Waals surface area contributed by atoms with Gasteiger partial charge in [0.2, 0.25) is 0 Å². The molecule has 0 aliphatic heterocycles. The van der Waals surface area contributed by atoms with Crippen LogP contribution in [0.5, 0.6) is 0 Å². The van der Waals surface area contributed by atoms with E-state index in [4.69, 9.17) is 21.6 Å². The molecule has 9 heteroatoms. The maximum Gasteiger partial charge on any atom is 0.252 e. The van der Waals surface area contributed by atoms with Gasteiger partial charge in [-0.1, -0.05) is 11.6 Å². The van der Waals surface area contributed by atoms with Crippen LogP contribution in [0.3, 0.4) is 0 Å². The van der Waals surface area contributed by atoms with Crippen molar-refractivity contribution < 1.29 is 13.2 Å². The Hall–Kier alpha value is -0.170. The summed E-state index contributed by atoms with van der Waals surface area (Å²) in [7, 11) is -2.15. The van der Waals surface area contributed by atoms with E-state index in [9.17, 15) is 8.42 Å². The first-order chi connectivity index (χ1) is 8.93. The van der Waals surface area contributed by atoms with E-state index in [1.54, 1.807) is 0 Å². The van der Waals surface area contributed by atoms with Gasteiger partial charge in [0, 0.05) is 26.6 Å². The molecule has 0 bridgehead atoms. The van der Waals surface area contributed by atoms with Crippen LogP contribution < -0.4 is 0 Å². The van der Waals surface area contributed by atoms with Gasteiger partial charge in [0.05, 0.1) is 21.5 Å². The molecule has 0 unspecified atom stereocenters. The van der Waals surface area contributed by atoms with Crippen LogP contribution in [-0.4, -0.2) is 39.5 Å². The number of ether oxygens (including phenoxy) is 1. The highest BCUT2D eigenvalue weighted by Gasteiger charge is 2.26. The number of nitriles is 1. The molecular formula is C10H12BrClN2O3S2. The lowest BCUT2D eigenvalue weighted by molar-refractivity contribution is 0.179. The molecule has 0 N–H and O–H groups in total. The first-order valence-electron chi connectivity index (χ1n) is 5.24. The molecular weight excluding hydrogens is 376 g/mol. The maximum atomic E-state index is 12.4. The van der Waals surface area contributed by atoms with Crippen LogP contribution in [0, 0.1) is 11.3 Å². The van der Waals surface area contributed by atoms with Crippen molar-refractivity contribution >= 4 is 48.9 Å². The summed E-state index contributed by atoms with van der Waals surface area (Å²) in [4.78, 5) is 0. The van der Waals surface area contributed by atoms with E-state index in [2.05, 4.69) is 15.9 Å². The predicted molar refractivity (Wildman–Crippen MR) is 77.9 cm³/mol. The van der Waals surface area contributed by atoms with Crippen LogP contribution in [0.1, 0.15) is 6.42 Å². The molecule has 0 saturated heterocycles. The van der Waals surface area contributed by atoms with E-state index >= 15 is 0 Å². The smallest absolute Gasteiger partial charge is 0.252 e. The maximum absolute atomic E-state index is 12.4. The summed E-state index contributed by atoms with van der Waals surface area (Å²) < 4.78 is 31.6. The Morgan fingerprint density at radius 3 is 2.74 bits per heavy atom. The average Bonchev–Trinajstić information content (AvgIpc) is 2.70. The van der Waals surface area contributed by atoms with Crippen LogP contribution in [0.15, 0.2) is 14.1 Å². The Labute approximate surface area is 129 Å². The number of rotatable bonds is 7. The van der Waals surface area contributed by atoms with Gasteiger partial charge in [-0.05, 0) is 22.0 Å². The van der Waals surface area contributed by atoms with Gasteiger partial charge in [0.25, 0.3) is 10.0 Å². The molecule has 106 valence electrons. The molecule has 0 radical (unpaired) electrons. The monoisotopic (exact) mass is 386 g/mol. The molecule has 0 aliphatic carbocycles. The van der Waals surface area contributed by atoms with Crippen molar-refractivity contribution in [1.29, 1.82) is 5.26 Å². The minimum absolute atomic E-state index is 0.128. The summed E-state index contributed by atoms with van der Waals surface area (Å²) in [6.45, 7) is 0.605. The first-order valence-corrected chi connectivity index (χ1v) is 8.67. The second kappa shape index (κ2) is 7.57. The molecule has 0 fully saturated rings. The zero-order chi connectivity index (χ0) is 14.5. The van der Waals surface area contributed by atoms with Crippen molar-refractivity contribution in [2.45, 2.75) is 10.6 Å². The second-order valence-electron chi connectivity index (χ2n) is 3.49.